The number of hydrogen-bond donors (Lipinski definition) is 1. The van der Waals surface area contributed by atoms with Gasteiger partial charge in [-0.15, -0.1) is 0 Å². The van der Waals surface area contributed by atoms with E-state index in [4.69, 9.17) is 10.5 Å². The van der Waals surface area contributed by atoms with Crippen LogP contribution in [0.3, 0.4) is 0 Å². The first kappa shape index (κ1) is 16.0. The fraction of sp³-hybridized carbons (Fsp3) is 0.688. The van der Waals surface area contributed by atoms with Crippen LogP contribution < -0.4 is 10.5 Å². The van der Waals surface area contributed by atoms with Crippen molar-refractivity contribution >= 4 is 0 Å². The highest BCUT2D eigenvalue weighted by molar-refractivity contribution is 5.30. The highest BCUT2D eigenvalue weighted by atomic mass is 16.5. The summed E-state index contributed by atoms with van der Waals surface area (Å²) in [6, 6.07) is 4.19. The molecule has 1 aromatic rings. The van der Waals surface area contributed by atoms with E-state index in [2.05, 4.69) is 18.8 Å². The summed E-state index contributed by atoms with van der Waals surface area (Å²) in [4.78, 5) is 4.57. The molecule has 108 valence electrons. The van der Waals surface area contributed by atoms with Crippen molar-refractivity contribution in [1.29, 1.82) is 0 Å². The molecule has 3 heteroatoms. The van der Waals surface area contributed by atoms with Crippen molar-refractivity contribution in [3.63, 3.8) is 0 Å². The summed E-state index contributed by atoms with van der Waals surface area (Å²) in [5.41, 5.74) is 8.05. The normalized spacial score (nSPS) is 12.4. The summed E-state index contributed by atoms with van der Waals surface area (Å²) in [5.74, 6) is 0.908. The lowest BCUT2D eigenvalue weighted by Crippen LogP contribution is -2.22. The van der Waals surface area contributed by atoms with E-state index in [1.807, 2.05) is 19.1 Å². The second-order valence-electron chi connectivity index (χ2n) is 5.18. The van der Waals surface area contributed by atoms with E-state index >= 15 is 0 Å². The largest absolute Gasteiger partial charge is 0.492 e. The molecule has 1 aromatic heterocycles. The van der Waals surface area contributed by atoms with E-state index in [0.717, 1.165) is 43.0 Å². The van der Waals surface area contributed by atoms with Gasteiger partial charge in [0.1, 0.15) is 5.75 Å². The predicted molar refractivity (Wildman–Crippen MR) is 80.6 cm³/mol. The third-order valence-corrected chi connectivity index (χ3v) is 3.31. The van der Waals surface area contributed by atoms with Gasteiger partial charge in [-0.3, -0.25) is 4.98 Å². The average Bonchev–Trinajstić information content (AvgIpc) is 2.40. The lowest BCUT2D eigenvalue weighted by Gasteiger charge is -2.14. The van der Waals surface area contributed by atoms with Gasteiger partial charge in [0.25, 0.3) is 0 Å². The molecule has 0 aliphatic heterocycles. The lowest BCUT2D eigenvalue weighted by atomic mass is 10.1. The van der Waals surface area contributed by atoms with Crippen LogP contribution in [-0.2, 0) is 6.42 Å². The molecule has 19 heavy (non-hydrogen) atoms. The van der Waals surface area contributed by atoms with Crippen LogP contribution in [0, 0.1) is 6.92 Å². The van der Waals surface area contributed by atoms with Gasteiger partial charge in [-0.25, -0.2) is 0 Å². The predicted octanol–water partition coefficient (Wildman–Crippen LogP) is 3.63. The minimum atomic E-state index is 0.164. The summed E-state index contributed by atoms with van der Waals surface area (Å²) < 4.78 is 5.87. The molecular weight excluding hydrogens is 236 g/mol. The van der Waals surface area contributed by atoms with Gasteiger partial charge in [-0.05, 0) is 31.9 Å². The molecule has 0 fully saturated rings. The SMILES string of the molecule is CCCCCCOc1ccc(C)nc1CC(N)CC. The zero-order chi connectivity index (χ0) is 14.1. The number of hydrogen-bond acceptors (Lipinski definition) is 3. The first-order valence-corrected chi connectivity index (χ1v) is 7.52. The molecule has 0 aromatic carbocycles. The summed E-state index contributed by atoms with van der Waals surface area (Å²) in [5, 5.41) is 0. The molecule has 0 bridgehead atoms. The second-order valence-corrected chi connectivity index (χ2v) is 5.18. The Labute approximate surface area is 117 Å². The Kier molecular flexibility index (Phi) is 7.49. The maximum atomic E-state index is 6.02. The van der Waals surface area contributed by atoms with E-state index in [0.29, 0.717) is 0 Å². The Morgan fingerprint density at radius 3 is 2.68 bits per heavy atom. The standard InChI is InChI=1S/C16H28N2O/c1-4-6-7-8-11-19-16-10-9-13(3)18-15(16)12-14(17)5-2/h9-10,14H,4-8,11-12,17H2,1-3H3. The molecule has 0 aliphatic rings. The van der Waals surface area contributed by atoms with Gasteiger partial charge in [0, 0.05) is 18.2 Å². The Hall–Kier alpha value is -1.09. The fourth-order valence-corrected chi connectivity index (χ4v) is 1.98. The number of ether oxygens (including phenoxy) is 1. The van der Waals surface area contributed by atoms with Gasteiger partial charge in [0.05, 0.1) is 12.3 Å². The van der Waals surface area contributed by atoms with E-state index < -0.39 is 0 Å². The number of aryl methyl sites for hydroxylation is 1. The molecular formula is C16H28N2O. The number of unbranched alkanes of at least 4 members (excludes halogenated alkanes) is 3. The van der Waals surface area contributed by atoms with E-state index in [-0.39, 0.29) is 6.04 Å². The number of pyridine rings is 1. The van der Waals surface area contributed by atoms with Crippen LogP contribution in [-0.4, -0.2) is 17.6 Å². The zero-order valence-electron chi connectivity index (χ0n) is 12.6. The van der Waals surface area contributed by atoms with Crippen LogP contribution in [0.1, 0.15) is 57.3 Å². The quantitative estimate of drug-likeness (QED) is 0.693. The molecule has 0 amide bonds. The lowest BCUT2D eigenvalue weighted by molar-refractivity contribution is 0.299. The van der Waals surface area contributed by atoms with Gasteiger partial charge < -0.3 is 10.5 Å². The fourth-order valence-electron chi connectivity index (χ4n) is 1.98. The van der Waals surface area contributed by atoms with Crippen molar-refractivity contribution < 1.29 is 4.74 Å². The maximum absolute atomic E-state index is 6.02. The van der Waals surface area contributed by atoms with Gasteiger partial charge in [0.2, 0.25) is 0 Å². The molecule has 1 unspecified atom stereocenters. The Balaban J connectivity index is 2.55. The highest BCUT2D eigenvalue weighted by Crippen LogP contribution is 2.19. The summed E-state index contributed by atoms with van der Waals surface area (Å²) >= 11 is 0. The van der Waals surface area contributed by atoms with Gasteiger partial charge in [-0.1, -0.05) is 33.1 Å². The minimum Gasteiger partial charge on any atom is -0.492 e. The number of nitrogens with zero attached hydrogens (tertiary/aromatic N) is 1. The summed E-state index contributed by atoms with van der Waals surface area (Å²) in [6.45, 7) is 7.10. The monoisotopic (exact) mass is 264 g/mol. The molecule has 0 saturated heterocycles. The molecule has 0 saturated carbocycles. The molecule has 1 heterocycles. The molecule has 0 aliphatic carbocycles. The van der Waals surface area contributed by atoms with Gasteiger partial charge in [-0.2, -0.15) is 0 Å². The topological polar surface area (TPSA) is 48.1 Å². The minimum absolute atomic E-state index is 0.164. The molecule has 2 N–H and O–H groups in total. The first-order chi connectivity index (χ1) is 9.17. The third kappa shape index (κ3) is 6.06. The summed E-state index contributed by atoms with van der Waals surface area (Å²) in [7, 11) is 0. The van der Waals surface area contributed by atoms with Crippen LogP contribution in [0.4, 0.5) is 0 Å². The van der Waals surface area contributed by atoms with Crippen LogP contribution in [0.2, 0.25) is 0 Å². The summed E-state index contributed by atoms with van der Waals surface area (Å²) in [6.07, 6.45) is 6.64. The molecule has 3 nitrogen and oxygen atoms in total. The van der Waals surface area contributed by atoms with Crippen LogP contribution >= 0.6 is 0 Å². The second kappa shape index (κ2) is 8.92. The van der Waals surface area contributed by atoms with E-state index in [1.165, 1.54) is 19.3 Å². The first-order valence-electron chi connectivity index (χ1n) is 7.52. The zero-order valence-corrected chi connectivity index (χ0v) is 12.6. The van der Waals surface area contributed by atoms with E-state index in [9.17, 15) is 0 Å². The molecule has 0 spiro atoms. The molecule has 1 rings (SSSR count). The van der Waals surface area contributed by atoms with Crippen molar-refractivity contribution in [3.05, 3.63) is 23.5 Å². The third-order valence-electron chi connectivity index (χ3n) is 3.31. The van der Waals surface area contributed by atoms with Crippen LogP contribution in [0.5, 0.6) is 5.75 Å². The van der Waals surface area contributed by atoms with Crippen molar-refractivity contribution in [3.8, 4) is 5.75 Å². The van der Waals surface area contributed by atoms with Gasteiger partial charge in [0.15, 0.2) is 0 Å². The number of aromatic nitrogens is 1. The smallest absolute Gasteiger partial charge is 0.140 e. The van der Waals surface area contributed by atoms with Crippen molar-refractivity contribution in [2.45, 2.75) is 65.3 Å². The van der Waals surface area contributed by atoms with Crippen molar-refractivity contribution in [2.75, 3.05) is 6.61 Å². The Morgan fingerprint density at radius 1 is 1.21 bits per heavy atom. The average molecular weight is 264 g/mol. The highest BCUT2D eigenvalue weighted by Gasteiger charge is 2.10. The van der Waals surface area contributed by atoms with Crippen molar-refractivity contribution in [1.82, 2.24) is 4.98 Å². The number of rotatable bonds is 9. The van der Waals surface area contributed by atoms with Crippen molar-refractivity contribution in [2.24, 2.45) is 5.73 Å². The molecule has 1 atom stereocenters. The Morgan fingerprint density at radius 2 is 2.00 bits per heavy atom. The van der Waals surface area contributed by atoms with Crippen LogP contribution in [0.25, 0.3) is 0 Å². The van der Waals surface area contributed by atoms with E-state index in [1.54, 1.807) is 0 Å². The van der Waals surface area contributed by atoms with Gasteiger partial charge >= 0.3 is 0 Å². The maximum Gasteiger partial charge on any atom is 0.140 e. The molecule has 0 radical (unpaired) electrons. The number of nitrogens with two attached hydrogens (primary N) is 1. The van der Waals surface area contributed by atoms with Crippen LogP contribution in [0.15, 0.2) is 12.1 Å². The Bertz CT molecular complexity index is 366.